The Bertz CT molecular complexity index is 1330. The van der Waals surface area contributed by atoms with Crippen LogP contribution in [0.3, 0.4) is 0 Å². The van der Waals surface area contributed by atoms with Crippen molar-refractivity contribution >= 4 is 23.0 Å². The molecular formula is C26H24F2N4O4. The molecule has 1 atom stereocenters. The summed E-state index contributed by atoms with van der Waals surface area (Å²) in [5.74, 6) is -0.856. The molecule has 0 spiro atoms. The third-order valence-electron chi connectivity index (χ3n) is 5.56. The molecule has 4 aromatic rings. The molecular weight excluding hydrogens is 470 g/mol. The number of aryl methyl sites for hydroxylation is 1. The smallest absolute Gasteiger partial charge is 0.387 e. The average molecular weight is 494 g/mol. The molecule has 36 heavy (non-hydrogen) atoms. The number of carboxylic acids is 1. The number of aromatic nitrogens is 3. The molecule has 10 heteroatoms. The van der Waals surface area contributed by atoms with E-state index in [0.29, 0.717) is 23.5 Å². The molecule has 0 aliphatic carbocycles. The van der Waals surface area contributed by atoms with E-state index >= 15 is 0 Å². The number of pyridine rings is 1. The van der Waals surface area contributed by atoms with Crippen molar-refractivity contribution in [3.8, 4) is 5.75 Å². The first kappa shape index (κ1) is 24.8. The van der Waals surface area contributed by atoms with Crippen molar-refractivity contribution in [2.24, 2.45) is 0 Å². The zero-order valence-corrected chi connectivity index (χ0v) is 19.2. The normalized spacial score (nSPS) is 12.0. The number of aliphatic carboxylic acids is 1. The van der Waals surface area contributed by atoms with Gasteiger partial charge in [0.15, 0.2) is 5.65 Å². The first-order valence-electron chi connectivity index (χ1n) is 11.3. The van der Waals surface area contributed by atoms with Crippen molar-refractivity contribution < 1.29 is 28.2 Å². The summed E-state index contributed by atoms with van der Waals surface area (Å²) < 4.78 is 31.1. The summed E-state index contributed by atoms with van der Waals surface area (Å²) >= 11 is 0. The van der Waals surface area contributed by atoms with E-state index in [0.717, 1.165) is 11.1 Å². The van der Waals surface area contributed by atoms with Gasteiger partial charge in [-0.15, -0.1) is 0 Å². The lowest BCUT2D eigenvalue weighted by Gasteiger charge is -2.15. The van der Waals surface area contributed by atoms with E-state index in [1.54, 1.807) is 24.4 Å². The number of carbonyl (C=O) groups excluding carboxylic acids is 1. The van der Waals surface area contributed by atoms with Gasteiger partial charge in [-0.25, -0.2) is 14.8 Å². The van der Waals surface area contributed by atoms with Crippen LogP contribution in [0.2, 0.25) is 0 Å². The van der Waals surface area contributed by atoms with Gasteiger partial charge >= 0.3 is 12.6 Å². The largest absolute Gasteiger partial charge is 0.480 e. The number of nitrogens with one attached hydrogen (secondary N) is 1. The Morgan fingerprint density at radius 1 is 1.00 bits per heavy atom. The molecule has 2 aromatic heterocycles. The number of carboxylic acid groups (broad SMARTS) is 1. The predicted octanol–water partition coefficient (Wildman–Crippen LogP) is 3.83. The highest BCUT2D eigenvalue weighted by atomic mass is 19.3. The summed E-state index contributed by atoms with van der Waals surface area (Å²) in [6.45, 7) is -2.55. The molecule has 0 radical (unpaired) electrons. The van der Waals surface area contributed by atoms with Gasteiger partial charge in [0, 0.05) is 25.5 Å². The molecule has 4 rings (SSSR count). The number of amides is 1. The number of halogens is 2. The number of ether oxygens (including phenoxy) is 1. The van der Waals surface area contributed by atoms with Gasteiger partial charge in [-0.1, -0.05) is 42.5 Å². The van der Waals surface area contributed by atoms with E-state index < -0.39 is 24.5 Å². The van der Waals surface area contributed by atoms with Crippen LogP contribution in [0, 0.1) is 0 Å². The van der Waals surface area contributed by atoms with Gasteiger partial charge in [-0.3, -0.25) is 4.79 Å². The van der Waals surface area contributed by atoms with Crippen LogP contribution in [0.1, 0.15) is 23.4 Å². The third kappa shape index (κ3) is 6.41. The monoisotopic (exact) mass is 494 g/mol. The summed E-state index contributed by atoms with van der Waals surface area (Å²) in [5, 5.41) is 12.1. The van der Waals surface area contributed by atoms with E-state index in [1.807, 2.05) is 41.0 Å². The number of hydrogen-bond donors (Lipinski definition) is 2. The quantitative estimate of drug-likeness (QED) is 0.328. The number of hydrogen-bond acceptors (Lipinski definition) is 5. The lowest BCUT2D eigenvalue weighted by Crippen LogP contribution is -2.42. The maximum Gasteiger partial charge on any atom is 0.387 e. The molecule has 0 saturated heterocycles. The third-order valence-corrected chi connectivity index (χ3v) is 5.56. The van der Waals surface area contributed by atoms with E-state index in [2.05, 4.69) is 20.0 Å². The van der Waals surface area contributed by atoms with Crippen LogP contribution in [-0.4, -0.2) is 44.2 Å². The maximum atomic E-state index is 12.6. The number of nitrogens with zero attached hydrogens (tertiary/aromatic N) is 3. The van der Waals surface area contributed by atoms with Crippen LogP contribution in [-0.2, 0) is 29.0 Å². The Balaban J connectivity index is 1.46. The molecule has 0 aliphatic heterocycles. The molecule has 1 amide bonds. The Morgan fingerprint density at radius 2 is 1.75 bits per heavy atom. The minimum atomic E-state index is -2.90. The average Bonchev–Trinajstić information content (AvgIpc) is 3.21. The molecule has 2 heterocycles. The minimum Gasteiger partial charge on any atom is -0.480 e. The first-order chi connectivity index (χ1) is 17.4. The molecule has 0 aliphatic rings. The van der Waals surface area contributed by atoms with Crippen molar-refractivity contribution in [1.82, 2.24) is 19.9 Å². The molecule has 0 bridgehead atoms. The van der Waals surface area contributed by atoms with Crippen LogP contribution in [0.15, 0.2) is 72.9 Å². The number of rotatable bonds is 11. The summed E-state index contributed by atoms with van der Waals surface area (Å²) in [4.78, 5) is 33.3. The minimum absolute atomic E-state index is 0.0308. The lowest BCUT2D eigenvalue weighted by molar-refractivity contribution is -0.141. The number of benzene rings is 2. The van der Waals surface area contributed by atoms with Gasteiger partial charge in [0.2, 0.25) is 5.91 Å². The van der Waals surface area contributed by atoms with Gasteiger partial charge < -0.3 is 19.7 Å². The van der Waals surface area contributed by atoms with Crippen molar-refractivity contribution in [3.05, 3.63) is 89.9 Å². The topological polar surface area (TPSA) is 106 Å². The Kier molecular flexibility index (Phi) is 7.84. The summed E-state index contributed by atoms with van der Waals surface area (Å²) in [6, 6.07) is 17.9. The molecule has 1 unspecified atom stereocenters. The highest BCUT2D eigenvalue weighted by molar-refractivity contribution is 5.84. The highest BCUT2D eigenvalue weighted by Crippen LogP contribution is 2.20. The standard InChI is InChI=1S/C26H24F2N4O4/c27-26(28)36-19-10-8-18(9-11-19)16-32-22(30-20-7-4-14-29-24(20)32)12-13-23(33)31-21(25(34)35)15-17-5-2-1-3-6-17/h1-11,14,21,26H,12-13,15-16H2,(H,31,33)(H,34,35). The maximum absolute atomic E-state index is 12.6. The predicted molar refractivity (Wildman–Crippen MR) is 128 cm³/mol. The highest BCUT2D eigenvalue weighted by Gasteiger charge is 2.21. The Morgan fingerprint density at radius 3 is 2.44 bits per heavy atom. The first-order valence-corrected chi connectivity index (χ1v) is 11.3. The number of carbonyl (C=O) groups is 2. The van der Waals surface area contributed by atoms with Crippen LogP contribution >= 0.6 is 0 Å². The van der Waals surface area contributed by atoms with Gasteiger partial charge in [-0.2, -0.15) is 8.78 Å². The SMILES string of the molecule is O=C(CCc1nc2cccnc2n1Cc1ccc(OC(F)F)cc1)NC(Cc1ccccc1)C(=O)O. The van der Waals surface area contributed by atoms with Crippen LogP contribution in [0.25, 0.3) is 11.2 Å². The van der Waals surface area contributed by atoms with E-state index in [-0.39, 0.29) is 25.0 Å². The second-order valence-electron chi connectivity index (χ2n) is 8.13. The Labute approximate surface area is 205 Å². The van der Waals surface area contributed by atoms with Gasteiger partial charge in [-0.05, 0) is 35.4 Å². The van der Waals surface area contributed by atoms with Crippen molar-refractivity contribution in [3.63, 3.8) is 0 Å². The summed E-state index contributed by atoms with van der Waals surface area (Å²) in [7, 11) is 0. The van der Waals surface area contributed by atoms with Gasteiger partial charge in [0.1, 0.15) is 23.1 Å². The van der Waals surface area contributed by atoms with Crippen molar-refractivity contribution in [1.29, 1.82) is 0 Å². The zero-order chi connectivity index (χ0) is 25.5. The lowest BCUT2D eigenvalue weighted by atomic mass is 10.1. The second kappa shape index (κ2) is 11.4. The Hall–Kier alpha value is -4.34. The van der Waals surface area contributed by atoms with Gasteiger partial charge in [0.05, 0.1) is 6.54 Å². The van der Waals surface area contributed by atoms with Crippen molar-refractivity contribution in [2.75, 3.05) is 0 Å². The zero-order valence-electron chi connectivity index (χ0n) is 19.2. The van der Waals surface area contributed by atoms with Crippen LogP contribution in [0.5, 0.6) is 5.75 Å². The summed E-state index contributed by atoms with van der Waals surface area (Å²) in [6.07, 6.45) is 2.10. The van der Waals surface area contributed by atoms with E-state index in [4.69, 9.17) is 0 Å². The number of imidazole rings is 1. The molecule has 2 N–H and O–H groups in total. The number of alkyl halides is 2. The van der Waals surface area contributed by atoms with Crippen LogP contribution in [0.4, 0.5) is 8.78 Å². The molecule has 0 saturated carbocycles. The molecule has 186 valence electrons. The van der Waals surface area contributed by atoms with Crippen LogP contribution < -0.4 is 10.1 Å². The van der Waals surface area contributed by atoms with E-state index in [1.165, 1.54) is 12.1 Å². The number of fused-ring (bicyclic) bond motifs is 1. The van der Waals surface area contributed by atoms with Gasteiger partial charge in [0.25, 0.3) is 0 Å². The fourth-order valence-electron chi connectivity index (χ4n) is 3.86. The fraction of sp³-hybridized carbons (Fsp3) is 0.231. The molecule has 0 fully saturated rings. The van der Waals surface area contributed by atoms with E-state index in [9.17, 15) is 23.5 Å². The molecule has 2 aromatic carbocycles. The fourth-order valence-corrected chi connectivity index (χ4v) is 3.86. The van der Waals surface area contributed by atoms with Crippen molar-refractivity contribution in [2.45, 2.75) is 38.5 Å². The second-order valence-corrected chi connectivity index (χ2v) is 8.13. The summed E-state index contributed by atoms with van der Waals surface area (Å²) in [5.41, 5.74) is 2.88. The molecule has 8 nitrogen and oxygen atoms in total.